The zero-order valence-electron chi connectivity index (χ0n) is 19.9. The van der Waals surface area contributed by atoms with E-state index < -0.39 is 0 Å². The number of amides is 1. The number of hydrogen-bond donors (Lipinski definition) is 3. The second-order valence-corrected chi connectivity index (χ2v) is 9.40. The van der Waals surface area contributed by atoms with Crippen molar-refractivity contribution in [2.45, 2.75) is 38.7 Å². The summed E-state index contributed by atoms with van der Waals surface area (Å²) >= 11 is 6.57. The third-order valence-corrected chi connectivity index (χ3v) is 7.05. The zero-order valence-corrected chi connectivity index (χ0v) is 20.7. The van der Waals surface area contributed by atoms with Crippen molar-refractivity contribution >= 4 is 29.0 Å². The highest BCUT2D eigenvalue weighted by Gasteiger charge is 2.27. The molecule has 2 aliphatic rings. The summed E-state index contributed by atoms with van der Waals surface area (Å²) in [5.74, 6) is 0.827. The van der Waals surface area contributed by atoms with Gasteiger partial charge in [-0.2, -0.15) is 0 Å². The predicted molar refractivity (Wildman–Crippen MR) is 134 cm³/mol. The molecule has 4 heterocycles. The lowest BCUT2D eigenvalue weighted by Crippen LogP contribution is -2.44. The van der Waals surface area contributed by atoms with Gasteiger partial charge in [-0.05, 0) is 43.2 Å². The van der Waals surface area contributed by atoms with Crippen LogP contribution in [-0.4, -0.2) is 61.9 Å². The van der Waals surface area contributed by atoms with E-state index in [4.69, 9.17) is 21.1 Å². The number of piperidine rings is 1. The summed E-state index contributed by atoms with van der Waals surface area (Å²) in [5.41, 5.74) is 3.92. The van der Waals surface area contributed by atoms with Gasteiger partial charge in [0, 0.05) is 63.5 Å². The van der Waals surface area contributed by atoms with E-state index in [-0.39, 0.29) is 17.9 Å². The van der Waals surface area contributed by atoms with Crippen LogP contribution in [0.1, 0.15) is 31.7 Å². The molecule has 3 N–H and O–H groups in total. The van der Waals surface area contributed by atoms with Crippen molar-refractivity contribution in [2.24, 2.45) is 11.8 Å². The molecule has 2 fully saturated rings. The summed E-state index contributed by atoms with van der Waals surface area (Å²) < 4.78 is 10.9. The van der Waals surface area contributed by atoms with E-state index in [9.17, 15) is 4.79 Å². The minimum atomic E-state index is -0.176. The smallest absolute Gasteiger partial charge is 0.230 e. The molecule has 0 aliphatic carbocycles. The maximum absolute atomic E-state index is 12.9. The molecule has 2 aromatic heterocycles. The molecular weight excluding hydrogens is 454 g/mol. The first kappa shape index (κ1) is 24.9. The minimum absolute atomic E-state index is 0.0350. The van der Waals surface area contributed by atoms with Gasteiger partial charge in [0.25, 0.3) is 0 Å². The number of carbonyl (C=O) groups excluding carboxylic acids is 1. The number of methoxy groups -OCH3 is 1. The van der Waals surface area contributed by atoms with Crippen molar-refractivity contribution in [1.82, 2.24) is 15.3 Å². The van der Waals surface area contributed by atoms with Gasteiger partial charge in [-0.1, -0.05) is 18.5 Å². The number of aromatic nitrogens is 2. The molecule has 1 amide bonds. The Bertz CT molecular complexity index is 983. The van der Waals surface area contributed by atoms with Crippen molar-refractivity contribution in [3.8, 4) is 11.1 Å². The fourth-order valence-electron chi connectivity index (χ4n) is 4.68. The van der Waals surface area contributed by atoms with E-state index in [2.05, 4.69) is 32.8 Å². The molecule has 2 unspecified atom stereocenters. The number of rotatable bonds is 8. The average Bonchev–Trinajstić information content (AvgIpc) is 2.89. The molecule has 2 saturated heterocycles. The highest BCUT2D eigenvalue weighted by molar-refractivity contribution is 6.33. The van der Waals surface area contributed by atoms with Crippen molar-refractivity contribution in [1.29, 1.82) is 0 Å². The van der Waals surface area contributed by atoms with Gasteiger partial charge in [0.05, 0.1) is 28.9 Å². The summed E-state index contributed by atoms with van der Waals surface area (Å²) in [6.07, 6.45) is 8.98. The van der Waals surface area contributed by atoms with Gasteiger partial charge < -0.3 is 25.4 Å². The predicted octanol–water partition coefficient (Wildman–Crippen LogP) is 3.76. The normalized spacial score (nSPS) is 21.3. The molecule has 0 radical (unpaired) electrons. The highest BCUT2D eigenvalue weighted by Crippen LogP contribution is 2.35. The highest BCUT2D eigenvalue weighted by atomic mass is 35.5. The van der Waals surface area contributed by atoms with E-state index in [0.29, 0.717) is 29.7 Å². The summed E-state index contributed by atoms with van der Waals surface area (Å²) in [5, 5.41) is 10.3. The maximum atomic E-state index is 12.9. The van der Waals surface area contributed by atoms with Gasteiger partial charge in [0.1, 0.15) is 5.82 Å². The fourth-order valence-corrected chi connectivity index (χ4v) is 4.89. The van der Waals surface area contributed by atoms with Crippen molar-refractivity contribution in [2.75, 3.05) is 50.6 Å². The zero-order chi connectivity index (χ0) is 23.9. The van der Waals surface area contributed by atoms with Crippen LogP contribution < -0.4 is 16.0 Å². The monoisotopic (exact) mass is 487 g/mol. The van der Waals surface area contributed by atoms with E-state index >= 15 is 0 Å². The van der Waals surface area contributed by atoms with Crippen LogP contribution in [0, 0.1) is 11.8 Å². The molecule has 0 aromatic carbocycles. The third-order valence-electron chi connectivity index (χ3n) is 6.74. The van der Waals surface area contributed by atoms with E-state index in [1.807, 2.05) is 18.5 Å². The molecule has 8 nitrogen and oxygen atoms in total. The van der Waals surface area contributed by atoms with Crippen molar-refractivity contribution < 1.29 is 14.3 Å². The maximum Gasteiger partial charge on any atom is 0.230 e. The fraction of sp³-hybridized carbons (Fsp3) is 0.560. The third kappa shape index (κ3) is 6.05. The average molecular weight is 488 g/mol. The number of hydrogen-bond acceptors (Lipinski definition) is 7. The second-order valence-electron chi connectivity index (χ2n) is 8.99. The largest absolute Gasteiger partial charge is 0.383 e. The van der Waals surface area contributed by atoms with Crippen LogP contribution in [0.15, 0.2) is 24.7 Å². The van der Waals surface area contributed by atoms with Crippen LogP contribution in [0.25, 0.3) is 11.1 Å². The number of ether oxygens (including phenoxy) is 2. The van der Waals surface area contributed by atoms with Gasteiger partial charge in [0.15, 0.2) is 0 Å². The molecule has 2 aliphatic heterocycles. The van der Waals surface area contributed by atoms with Crippen LogP contribution in [0.4, 0.5) is 11.5 Å². The molecule has 9 heteroatoms. The molecule has 0 saturated carbocycles. The number of carbonyl (C=O) groups is 1. The Kier molecular flexibility index (Phi) is 8.72. The Hall–Kier alpha value is -2.26. The van der Waals surface area contributed by atoms with Gasteiger partial charge in [-0.25, -0.2) is 4.98 Å². The first-order valence-electron chi connectivity index (χ1n) is 12.1. The number of pyridine rings is 2. The molecular formula is C25H34ClN5O3. The number of anilines is 2. The first-order chi connectivity index (χ1) is 16.6. The molecule has 184 valence electrons. The summed E-state index contributed by atoms with van der Waals surface area (Å²) in [6.45, 7) is 6.06. The lowest BCUT2D eigenvalue weighted by Gasteiger charge is -2.28. The Labute approximate surface area is 206 Å². The standard InChI is InChI=1S/C25H34ClN5O3/c1-3-19-21(13-28-15-23(19)29-10-16-4-6-34-7-5-16)20-9-24(30-14-22(20)26)31-25(32)17-8-18(33-2)12-27-11-17/h9,13-18,27,29H,3-8,10-12H2,1-2H3,(H,30,31,32). The Morgan fingerprint density at radius 3 is 2.82 bits per heavy atom. The van der Waals surface area contributed by atoms with E-state index in [1.54, 1.807) is 13.3 Å². The second kappa shape index (κ2) is 11.9. The summed E-state index contributed by atoms with van der Waals surface area (Å²) in [4.78, 5) is 21.7. The van der Waals surface area contributed by atoms with Crippen LogP contribution in [0.5, 0.6) is 0 Å². The van der Waals surface area contributed by atoms with Gasteiger partial charge >= 0.3 is 0 Å². The van der Waals surface area contributed by atoms with Crippen LogP contribution in [-0.2, 0) is 20.7 Å². The Morgan fingerprint density at radius 1 is 1.24 bits per heavy atom. The number of nitrogens with one attached hydrogen (secondary N) is 3. The number of halogens is 1. The van der Waals surface area contributed by atoms with Crippen molar-refractivity contribution in [3.05, 3.63) is 35.2 Å². The first-order valence-corrected chi connectivity index (χ1v) is 12.5. The Balaban J connectivity index is 1.52. The molecule has 2 atom stereocenters. The molecule has 0 spiro atoms. The Morgan fingerprint density at radius 2 is 2.06 bits per heavy atom. The minimum Gasteiger partial charge on any atom is -0.383 e. The molecule has 4 rings (SSSR count). The SMILES string of the molecule is CCc1c(NCC2CCOCC2)cncc1-c1cc(NC(=O)C2CNCC(OC)C2)ncc1Cl. The van der Waals surface area contributed by atoms with E-state index in [1.165, 1.54) is 0 Å². The quantitative estimate of drug-likeness (QED) is 0.521. The molecule has 0 bridgehead atoms. The van der Waals surface area contributed by atoms with E-state index in [0.717, 1.165) is 67.9 Å². The summed E-state index contributed by atoms with van der Waals surface area (Å²) in [6, 6.07) is 1.84. The van der Waals surface area contributed by atoms with Gasteiger partial charge in [-0.15, -0.1) is 0 Å². The van der Waals surface area contributed by atoms with Gasteiger partial charge in [-0.3, -0.25) is 9.78 Å². The van der Waals surface area contributed by atoms with Gasteiger partial charge in [0.2, 0.25) is 5.91 Å². The van der Waals surface area contributed by atoms with Crippen molar-refractivity contribution in [3.63, 3.8) is 0 Å². The topological polar surface area (TPSA) is 97.4 Å². The van der Waals surface area contributed by atoms with Crippen LogP contribution in [0.2, 0.25) is 5.02 Å². The number of nitrogens with zero attached hydrogens (tertiary/aromatic N) is 2. The van der Waals surface area contributed by atoms with Crippen LogP contribution in [0.3, 0.4) is 0 Å². The lowest BCUT2D eigenvalue weighted by atomic mass is 9.96. The molecule has 2 aromatic rings. The lowest BCUT2D eigenvalue weighted by molar-refractivity contribution is -0.121. The molecule has 34 heavy (non-hydrogen) atoms. The van der Waals surface area contributed by atoms with Crippen LogP contribution >= 0.6 is 11.6 Å². The summed E-state index contributed by atoms with van der Waals surface area (Å²) in [7, 11) is 1.67.